The van der Waals surface area contributed by atoms with Gasteiger partial charge < -0.3 is 4.90 Å². The number of allylic oxidation sites excluding steroid dienone is 3. The molecule has 3 nitrogen and oxygen atoms in total. The molecule has 0 aliphatic carbocycles. The predicted molar refractivity (Wildman–Crippen MR) is 88.1 cm³/mol. The van der Waals surface area contributed by atoms with Crippen LogP contribution in [0.1, 0.15) is 22.8 Å². The minimum absolute atomic E-state index is 0.0915. The summed E-state index contributed by atoms with van der Waals surface area (Å²) in [6.07, 6.45) is 5.70. The lowest BCUT2D eigenvalue weighted by molar-refractivity contribution is 0.0693. The maximum absolute atomic E-state index is 12.7. The zero-order chi connectivity index (χ0) is 15.0. The van der Waals surface area contributed by atoms with Crippen molar-refractivity contribution >= 4 is 21.8 Å². The van der Waals surface area contributed by atoms with Gasteiger partial charge in [0.1, 0.15) is 5.66 Å². The van der Waals surface area contributed by atoms with Crippen molar-refractivity contribution < 1.29 is 4.79 Å². The van der Waals surface area contributed by atoms with Crippen LogP contribution >= 0.6 is 15.9 Å². The number of halogens is 1. The Bertz CT molecular complexity index is 677. The van der Waals surface area contributed by atoms with Gasteiger partial charge in [0.15, 0.2) is 0 Å². The second kappa shape index (κ2) is 5.28. The Balaban J connectivity index is 2.25. The highest BCUT2D eigenvalue weighted by Crippen LogP contribution is 2.47. The summed E-state index contributed by atoms with van der Waals surface area (Å²) in [6, 6.07) is 7.83. The van der Waals surface area contributed by atoms with E-state index in [9.17, 15) is 4.79 Å². The minimum atomic E-state index is -0.569. The molecule has 1 amide bonds. The van der Waals surface area contributed by atoms with E-state index in [1.807, 2.05) is 48.2 Å². The molecule has 0 radical (unpaired) electrons. The Labute approximate surface area is 133 Å². The van der Waals surface area contributed by atoms with Crippen molar-refractivity contribution in [2.24, 2.45) is 0 Å². The summed E-state index contributed by atoms with van der Waals surface area (Å²) < 4.78 is 0.934. The summed E-state index contributed by atoms with van der Waals surface area (Å²) in [5.41, 5.74) is 2.27. The monoisotopic (exact) mass is 344 g/mol. The lowest BCUT2D eigenvalue weighted by Crippen LogP contribution is -2.47. The van der Waals surface area contributed by atoms with Crippen LogP contribution in [-0.2, 0) is 5.66 Å². The van der Waals surface area contributed by atoms with Crippen molar-refractivity contribution in [3.8, 4) is 0 Å². The zero-order valence-corrected chi connectivity index (χ0v) is 13.5. The van der Waals surface area contributed by atoms with Gasteiger partial charge in [-0.1, -0.05) is 52.9 Å². The van der Waals surface area contributed by atoms with Crippen LogP contribution in [0.4, 0.5) is 0 Å². The molecular formula is C17H17BrN2O. The molecule has 0 bridgehead atoms. The molecular weight excluding hydrogens is 328 g/mol. The summed E-state index contributed by atoms with van der Waals surface area (Å²) in [4.78, 5) is 14.6. The van der Waals surface area contributed by atoms with Gasteiger partial charge in [0.05, 0.1) is 0 Å². The Kier molecular flexibility index (Phi) is 3.59. The first-order valence-electron chi connectivity index (χ1n) is 6.98. The van der Waals surface area contributed by atoms with Crippen LogP contribution in [0.2, 0.25) is 0 Å². The highest BCUT2D eigenvalue weighted by Gasteiger charge is 2.54. The van der Waals surface area contributed by atoms with Gasteiger partial charge in [-0.2, -0.15) is 0 Å². The van der Waals surface area contributed by atoms with Gasteiger partial charge in [-0.15, -0.1) is 0 Å². The number of carbonyl (C=O) groups is 1. The molecule has 1 N–H and O–H groups in total. The third kappa shape index (κ3) is 1.86. The van der Waals surface area contributed by atoms with Crippen LogP contribution in [-0.4, -0.2) is 23.9 Å². The normalized spacial score (nSPS) is 25.0. The number of rotatable bonds is 3. The minimum Gasteiger partial charge on any atom is -0.311 e. The quantitative estimate of drug-likeness (QED) is 0.853. The zero-order valence-electron chi connectivity index (χ0n) is 11.9. The van der Waals surface area contributed by atoms with Crippen LogP contribution in [0.25, 0.3) is 0 Å². The summed E-state index contributed by atoms with van der Waals surface area (Å²) in [5.74, 6) is 0.0915. The van der Waals surface area contributed by atoms with Gasteiger partial charge >= 0.3 is 0 Å². The summed E-state index contributed by atoms with van der Waals surface area (Å²) in [6.45, 7) is 7.23. The number of nitrogens with one attached hydrogen (secondary N) is 1. The molecule has 1 fully saturated rings. The molecule has 4 heteroatoms. The third-order valence-electron chi connectivity index (χ3n) is 4.11. The van der Waals surface area contributed by atoms with E-state index in [1.54, 1.807) is 6.08 Å². The fraction of sp³-hybridized carbons (Fsp3) is 0.235. The molecule has 0 saturated carbocycles. The first-order chi connectivity index (χ1) is 10.2. The van der Waals surface area contributed by atoms with E-state index >= 15 is 0 Å². The van der Waals surface area contributed by atoms with E-state index in [0.717, 1.165) is 27.7 Å². The molecule has 1 aromatic rings. The largest absolute Gasteiger partial charge is 0.311 e. The summed E-state index contributed by atoms with van der Waals surface area (Å²) in [5, 5.41) is 3.54. The van der Waals surface area contributed by atoms with Gasteiger partial charge in [0.2, 0.25) is 0 Å². The van der Waals surface area contributed by atoms with Gasteiger partial charge in [-0.3, -0.25) is 10.1 Å². The molecule has 0 spiro atoms. The van der Waals surface area contributed by atoms with Gasteiger partial charge in [-0.05, 0) is 19.1 Å². The highest BCUT2D eigenvalue weighted by atomic mass is 79.9. The number of hydrogen-bond acceptors (Lipinski definition) is 2. The van der Waals surface area contributed by atoms with Crippen molar-refractivity contribution in [2.75, 3.05) is 13.1 Å². The number of fused-ring (bicyclic) bond motifs is 3. The number of amides is 1. The molecule has 2 aliphatic heterocycles. The Morgan fingerprint density at radius 2 is 2.24 bits per heavy atom. The third-order valence-corrected chi connectivity index (χ3v) is 4.80. The Morgan fingerprint density at radius 3 is 2.95 bits per heavy atom. The lowest BCUT2D eigenvalue weighted by atomic mass is 9.90. The molecule has 108 valence electrons. The fourth-order valence-electron chi connectivity index (χ4n) is 3.34. The molecule has 2 heterocycles. The molecule has 1 unspecified atom stereocenters. The Hall–Kier alpha value is -1.65. The van der Waals surface area contributed by atoms with Gasteiger partial charge in [-0.25, -0.2) is 0 Å². The second-order valence-electron chi connectivity index (χ2n) is 5.09. The smallest absolute Gasteiger partial charge is 0.256 e. The molecule has 3 rings (SSSR count). The molecule has 1 aromatic carbocycles. The van der Waals surface area contributed by atoms with E-state index in [1.165, 1.54) is 0 Å². The first kappa shape index (κ1) is 14.3. The summed E-state index contributed by atoms with van der Waals surface area (Å²) in [7, 11) is 0. The van der Waals surface area contributed by atoms with Gasteiger partial charge in [0, 0.05) is 34.3 Å². The molecule has 21 heavy (non-hydrogen) atoms. The second-order valence-corrected chi connectivity index (χ2v) is 5.95. The van der Waals surface area contributed by atoms with E-state index in [-0.39, 0.29) is 5.91 Å². The van der Waals surface area contributed by atoms with Crippen molar-refractivity contribution in [1.82, 2.24) is 10.2 Å². The van der Waals surface area contributed by atoms with E-state index in [2.05, 4.69) is 27.8 Å². The lowest BCUT2D eigenvalue weighted by Gasteiger charge is -2.35. The van der Waals surface area contributed by atoms with Crippen molar-refractivity contribution in [3.63, 3.8) is 0 Å². The van der Waals surface area contributed by atoms with Crippen molar-refractivity contribution in [1.29, 1.82) is 0 Å². The molecule has 1 atom stereocenters. The van der Waals surface area contributed by atoms with Crippen LogP contribution in [0.15, 0.2) is 59.1 Å². The van der Waals surface area contributed by atoms with Crippen molar-refractivity contribution in [3.05, 3.63) is 70.3 Å². The fourth-order valence-corrected chi connectivity index (χ4v) is 4.04. The maximum atomic E-state index is 12.7. The van der Waals surface area contributed by atoms with Crippen LogP contribution < -0.4 is 5.32 Å². The Morgan fingerprint density at radius 1 is 1.48 bits per heavy atom. The number of nitrogens with zero attached hydrogens (tertiary/aromatic N) is 1. The SMILES string of the molecule is C=C/C=C(Br)\C(=C/C)C12NCCN1C(=O)c1ccccc12. The number of carbonyl (C=O) groups excluding carboxylic acids is 1. The summed E-state index contributed by atoms with van der Waals surface area (Å²) >= 11 is 3.62. The van der Waals surface area contributed by atoms with E-state index < -0.39 is 5.66 Å². The molecule has 2 aliphatic rings. The highest BCUT2D eigenvalue weighted by molar-refractivity contribution is 9.12. The molecule has 0 aromatic heterocycles. The first-order valence-corrected chi connectivity index (χ1v) is 7.78. The van der Waals surface area contributed by atoms with Crippen molar-refractivity contribution in [2.45, 2.75) is 12.6 Å². The predicted octanol–water partition coefficient (Wildman–Crippen LogP) is 3.31. The maximum Gasteiger partial charge on any atom is 0.256 e. The van der Waals surface area contributed by atoms with Crippen LogP contribution in [0.5, 0.6) is 0 Å². The van der Waals surface area contributed by atoms with Gasteiger partial charge in [0.25, 0.3) is 5.91 Å². The van der Waals surface area contributed by atoms with E-state index in [0.29, 0.717) is 6.54 Å². The van der Waals surface area contributed by atoms with E-state index in [4.69, 9.17) is 0 Å². The number of hydrogen-bond donors (Lipinski definition) is 1. The molecule has 1 saturated heterocycles. The number of benzene rings is 1. The average Bonchev–Trinajstić information content (AvgIpc) is 3.01. The van der Waals surface area contributed by atoms with Crippen LogP contribution in [0.3, 0.4) is 0 Å². The van der Waals surface area contributed by atoms with Crippen LogP contribution in [0, 0.1) is 0 Å². The average molecular weight is 345 g/mol. The topological polar surface area (TPSA) is 32.3 Å². The standard InChI is InChI=1S/C17H17BrN2O/c1-3-7-15(18)13(4-2)17-14-9-6-5-8-12(14)16(21)20(17)11-10-19-17/h3-9,19H,1,10-11H2,2H3/b13-4+,15-7+.